The van der Waals surface area contributed by atoms with E-state index in [0.29, 0.717) is 13.0 Å². The first kappa shape index (κ1) is 9.83. The minimum atomic E-state index is -0.810. The van der Waals surface area contributed by atoms with E-state index >= 15 is 0 Å². The normalized spacial score (nSPS) is 22.6. The minimum Gasteiger partial charge on any atom is -0.481 e. The van der Waals surface area contributed by atoms with Gasteiger partial charge < -0.3 is 14.9 Å². The van der Waals surface area contributed by atoms with Crippen molar-refractivity contribution in [1.29, 1.82) is 0 Å². The Labute approximate surface area is 76.9 Å². The summed E-state index contributed by atoms with van der Waals surface area (Å²) in [6, 6.07) is 0.0176. The van der Waals surface area contributed by atoms with Crippen LogP contribution in [0.4, 0.5) is 4.79 Å². The Morgan fingerprint density at radius 3 is 2.62 bits per heavy atom. The van der Waals surface area contributed by atoms with Crippen LogP contribution in [-0.4, -0.2) is 53.6 Å². The van der Waals surface area contributed by atoms with Gasteiger partial charge in [0.2, 0.25) is 0 Å². The number of amides is 2. The van der Waals surface area contributed by atoms with Gasteiger partial charge in [-0.2, -0.15) is 0 Å². The number of carbonyl (C=O) groups is 2. The third-order valence-corrected chi connectivity index (χ3v) is 2.35. The molecular formula is C8H14N2O3. The highest BCUT2D eigenvalue weighted by molar-refractivity contribution is 5.76. The van der Waals surface area contributed by atoms with E-state index < -0.39 is 5.97 Å². The molecule has 0 spiro atoms. The first-order valence-corrected chi connectivity index (χ1v) is 4.22. The van der Waals surface area contributed by atoms with Crippen LogP contribution in [0.3, 0.4) is 0 Å². The molecule has 0 radical (unpaired) electrons. The molecule has 1 heterocycles. The van der Waals surface area contributed by atoms with Gasteiger partial charge in [-0.25, -0.2) is 4.79 Å². The molecule has 5 nitrogen and oxygen atoms in total. The first-order valence-electron chi connectivity index (χ1n) is 4.22. The van der Waals surface area contributed by atoms with Crippen molar-refractivity contribution < 1.29 is 14.7 Å². The number of aliphatic carboxylic acids is 1. The van der Waals surface area contributed by atoms with Crippen LogP contribution < -0.4 is 0 Å². The van der Waals surface area contributed by atoms with Crippen molar-refractivity contribution >= 4 is 12.0 Å². The standard InChI is InChI=1S/C8H14N2O3/c1-9-5-6(3-4-7(11)12)10(2)8(9)13/h6H,3-5H2,1-2H3,(H,11,12). The van der Waals surface area contributed by atoms with E-state index in [9.17, 15) is 9.59 Å². The summed E-state index contributed by atoms with van der Waals surface area (Å²) < 4.78 is 0. The Morgan fingerprint density at radius 1 is 1.62 bits per heavy atom. The second kappa shape index (κ2) is 3.64. The molecule has 0 aromatic rings. The highest BCUT2D eigenvalue weighted by atomic mass is 16.4. The lowest BCUT2D eigenvalue weighted by Crippen LogP contribution is -2.30. The van der Waals surface area contributed by atoms with E-state index in [1.54, 1.807) is 23.9 Å². The van der Waals surface area contributed by atoms with Gasteiger partial charge >= 0.3 is 12.0 Å². The van der Waals surface area contributed by atoms with Crippen LogP contribution in [0.2, 0.25) is 0 Å². The molecule has 0 saturated carbocycles. The molecule has 0 aromatic carbocycles. The maximum atomic E-state index is 11.3. The summed E-state index contributed by atoms with van der Waals surface area (Å²) in [5.74, 6) is -0.810. The molecule has 0 aliphatic carbocycles. The van der Waals surface area contributed by atoms with Gasteiger partial charge in [0.05, 0.1) is 6.04 Å². The average molecular weight is 186 g/mol. The lowest BCUT2D eigenvalue weighted by Gasteiger charge is -2.16. The smallest absolute Gasteiger partial charge is 0.319 e. The van der Waals surface area contributed by atoms with Crippen LogP contribution in [0.5, 0.6) is 0 Å². The van der Waals surface area contributed by atoms with Crippen LogP contribution in [-0.2, 0) is 4.79 Å². The van der Waals surface area contributed by atoms with Gasteiger partial charge in [-0.15, -0.1) is 0 Å². The molecule has 1 aliphatic rings. The maximum Gasteiger partial charge on any atom is 0.319 e. The number of hydrogen-bond donors (Lipinski definition) is 1. The van der Waals surface area contributed by atoms with Gasteiger partial charge in [-0.05, 0) is 6.42 Å². The SMILES string of the molecule is CN1CC(CCC(=O)O)N(C)C1=O. The third-order valence-electron chi connectivity index (χ3n) is 2.35. The summed E-state index contributed by atoms with van der Waals surface area (Å²) in [5, 5.41) is 8.47. The van der Waals surface area contributed by atoms with Crippen molar-refractivity contribution in [1.82, 2.24) is 9.80 Å². The molecular weight excluding hydrogens is 172 g/mol. The first-order chi connectivity index (χ1) is 6.02. The maximum absolute atomic E-state index is 11.3. The molecule has 74 valence electrons. The molecule has 1 unspecified atom stereocenters. The van der Waals surface area contributed by atoms with Crippen LogP contribution in [0, 0.1) is 0 Å². The number of likely N-dealkylation sites (N-methyl/N-ethyl adjacent to an activating group) is 2. The van der Waals surface area contributed by atoms with Crippen molar-refractivity contribution in [2.45, 2.75) is 18.9 Å². The molecule has 5 heteroatoms. The van der Waals surface area contributed by atoms with E-state index in [4.69, 9.17) is 5.11 Å². The highest BCUT2D eigenvalue weighted by Crippen LogP contribution is 2.15. The number of carbonyl (C=O) groups excluding carboxylic acids is 1. The van der Waals surface area contributed by atoms with Crippen molar-refractivity contribution in [3.8, 4) is 0 Å². The second-order valence-corrected chi connectivity index (χ2v) is 3.36. The fourth-order valence-electron chi connectivity index (χ4n) is 1.52. The third kappa shape index (κ3) is 2.11. The van der Waals surface area contributed by atoms with E-state index in [1.807, 2.05) is 0 Å². The predicted octanol–water partition coefficient (Wildman–Crippen LogP) is 0.217. The van der Waals surface area contributed by atoms with Crippen molar-refractivity contribution in [2.75, 3.05) is 20.6 Å². The molecule has 1 rings (SSSR count). The van der Waals surface area contributed by atoms with Crippen molar-refractivity contribution in [3.05, 3.63) is 0 Å². The van der Waals surface area contributed by atoms with Crippen molar-refractivity contribution in [3.63, 3.8) is 0 Å². The number of carboxylic acids is 1. The monoisotopic (exact) mass is 186 g/mol. The topological polar surface area (TPSA) is 60.9 Å². The number of nitrogens with zero attached hydrogens (tertiary/aromatic N) is 2. The summed E-state index contributed by atoms with van der Waals surface area (Å²) in [6.45, 7) is 0.628. The summed E-state index contributed by atoms with van der Waals surface area (Å²) in [5.41, 5.74) is 0. The van der Waals surface area contributed by atoms with E-state index in [1.165, 1.54) is 0 Å². The lowest BCUT2D eigenvalue weighted by molar-refractivity contribution is -0.137. The number of urea groups is 1. The molecule has 2 amide bonds. The Balaban J connectivity index is 2.44. The Kier molecular flexibility index (Phi) is 2.75. The van der Waals surface area contributed by atoms with Gasteiger partial charge in [0, 0.05) is 27.1 Å². The average Bonchev–Trinajstić information content (AvgIpc) is 2.29. The number of carboxylic acid groups (broad SMARTS) is 1. The van der Waals surface area contributed by atoms with Crippen molar-refractivity contribution in [2.24, 2.45) is 0 Å². The van der Waals surface area contributed by atoms with Gasteiger partial charge in [-0.3, -0.25) is 4.79 Å². The fraction of sp³-hybridized carbons (Fsp3) is 0.750. The van der Waals surface area contributed by atoms with Crippen LogP contribution in [0.1, 0.15) is 12.8 Å². The lowest BCUT2D eigenvalue weighted by atomic mass is 10.1. The largest absolute Gasteiger partial charge is 0.481 e. The zero-order chi connectivity index (χ0) is 10.0. The Morgan fingerprint density at radius 2 is 2.23 bits per heavy atom. The van der Waals surface area contributed by atoms with Gasteiger partial charge in [0.1, 0.15) is 0 Å². The van der Waals surface area contributed by atoms with Crippen LogP contribution >= 0.6 is 0 Å². The van der Waals surface area contributed by atoms with Crippen LogP contribution in [0.25, 0.3) is 0 Å². The molecule has 13 heavy (non-hydrogen) atoms. The molecule has 1 atom stereocenters. The van der Waals surface area contributed by atoms with Gasteiger partial charge in [0.25, 0.3) is 0 Å². The number of hydrogen-bond acceptors (Lipinski definition) is 2. The predicted molar refractivity (Wildman–Crippen MR) is 46.4 cm³/mol. The van der Waals surface area contributed by atoms with E-state index in [2.05, 4.69) is 0 Å². The summed E-state index contributed by atoms with van der Waals surface area (Å²) >= 11 is 0. The molecule has 1 aliphatic heterocycles. The van der Waals surface area contributed by atoms with Gasteiger partial charge in [-0.1, -0.05) is 0 Å². The van der Waals surface area contributed by atoms with E-state index in [0.717, 1.165) is 0 Å². The van der Waals surface area contributed by atoms with Crippen LogP contribution in [0.15, 0.2) is 0 Å². The summed E-state index contributed by atoms with van der Waals surface area (Å²) in [6.07, 6.45) is 0.651. The molecule has 1 N–H and O–H groups in total. The summed E-state index contributed by atoms with van der Waals surface area (Å²) in [7, 11) is 3.43. The Hall–Kier alpha value is -1.26. The van der Waals surface area contributed by atoms with E-state index in [-0.39, 0.29) is 18.5 Å². The molecule has 1 fully saturated rings. The molecule has 0 bridgehead atoms. The van der Waals surface area contributed by atoms with Gasteiger partial charge in [0.15, 0.2) is 0 Å². The second-order valence-electron chi connectivity index (χ2n) is 3.36. The fourth-order valence-corrected chi connectivity index (χ4v) is 1.52. The highest BCUT2D eigenvalue weighted by Gasteiger charge is 2.31. The molecule has 0 aromatic heterocycles. The minimum absolute atomic E-state index is 0.0320. The number of rotatable bonds is 3. The quantitative estimate of drug-likeness (QED) is 0.685. The molecule has 1 saturated heterocycles. The summed E-state index contributed by atoms with van der Waals surface area (Å²) in [4.78, 5) is 24.8. The zero-order valence-corrected chi connectivity index (χ0v) is 7.86. The Bertz CT molecular complexity index is 229. The zero-order valence-electron chi connectivity index (χ0n) is 7.86.